The number of carbonyl (C=O) groups is 1. The van der Waals surface area contributed by atoms with Gasteiger partial charge in [-0.2, -0.15) is 0 Å². The summed E-state index contributed by atoms with van der Waals surface area (Å²) in [6, 6.07) is 0. The standard InChI is InChI=1S/C19H32O/c1-7-10-11-12-14-16(5)18(15(4)9-3)19(20)17(6)13-8-2/h10,16-17H,1,8-9,11-14H2,2-6H3. The summed E-state index contributed by atoms with van der Waals surface area (Å²) in [6.45, 7) is 14.3. The molecule has 0 bridgehead atoms. The van der Waals surface area contributed by atoms with Gasteiger partial charge in [0.15, 0.2) is 5.78 Å². The molecule has 0 rings (SSSR count). The monoisotopic (exact) mass is 276 g/mol. The summed E-state index contributed by atoms with van der Waals surface area (Å²) < 4.78 is 0. The normalized spacial score (nSPS) is 15.1. The van der Waals surface area contributed by atoms with Crippen LogP contribution in [0.25, 0.3) is 0 Å². The Morgan fingerprint density at radius 1 is 1.20 bits per heavy atom. The maximum atomic E-state index is 12.7. The summed E-state index contributed by atoms with van der Waals surface area (Å²) in [5, 5.41) is 0. The Hall–Kier alpha value is -1.07. The lowest BCUT2D eigenvalue weighted by Gasteiger charge is -2.21. The third kappa shape index (κ3) is 6.39. The van der Waals surface area contributed by atoms with Crippen molar-refractivity contribution in [2.24, 2.45) is 11.8 Å². The predicted octanol–water partition coefficient (Wildman–Crippen LogP) is 5.87. The molecule has 0 heterocycles. The van der Waals surface area contributed by atoms with Crippen molar-refractivity contribution >= 4 is 5.78 Å². The van der Waals surface area contributed by atoms with E-state index in [2.05, 4.69) is 46.9 Å². The lowest BCUT2D eigenvalue weighted by Crippen LogP contribution is -2.20. The van der Waals surface area contributed by atoms with Gasteiger partial charge >= 0.3 is 0 Å². The van der Waals surface area contributed by atoms with E-state index in [1.807, 2.05) is 6.08 Å². The first kappa shape index (κ1) is 18.9. The Morgan fingerprint density at radius 2 is 1.85 bits per heavy atom. The topological polar surface area (TPSA) is 17.1 Å². The van der Waals surface area contributed by atoms with E-state index in [4.69, 9.17) is 0 Å². The van der Waals surface area contributed by atoms with Gasteiger partial charge in [-0.15, -0.1) is 5.73 Å². The van der Waals surface area contributed by atoms with Crippen LogP contribution >= 0.6 is 0 Å². The van der Waals surface area contributed by atoms with Crippen LogP contribution in [0.1, 0.15) is 73.1 Å². The van der Waals surface area contributed by atoms with Crippen LogP contribution < -0.4 is 0 Å². The molecule has 0 saturated heterocycles. The van der Waals surface area contributed by atoms with E-state index in [-0.39, 0.29) is 5.92 Å². The van der Waals surface area contributed by atoms with E-state index in [9.17, 15) is 4.79 Å². The van der Waals surface area contributed by atoms with Crippen LogP contribution in [0.3, 0.4) is 0 Å². The van der Waals surface area contributed by atoms with Crippen molar-refractivity contribution in [3.63, 3.8) is 0 Å². The molecule has 2 atom stereocenters. The van der Waals surface area contributed by atoms with Gasteiger partial charge in [0.1, 0.15) is 0 Å². The third-order valence-electron chi connectivity index (χ3n) is 4.05. The summed E-state index contributed by atoms with van der Waals surface area (Å²) in [5.41, 5.74) is 5.17. The van der Waals surface area contributed by atoms with E-state index >= 15 is 0 Å². The van der Waals surface area contributed by atoms with Crippen LogP contribution in [-0.4, -0.2) is 5.78 Å². The van der Waals surface area contributed by atoms with E-state index in [0.29, 0.717) is 11.7 Å². The molecule has 2 unspecified atom stereocenters. The van der Waals surface area contributed by atoms with Crippen LogP contribution in [0.4, 0.5) is 0 Å². The molecule has 114 valence electrons. The Balaban J connectivity index is 4.89. The summed E-state index contributed by atoms with van der Waals surface area (Å²) in [7, 11) is 0. The van der Waals surface area contributed by atoms with E-state index in [0.717, 1.165) is 44.1 Å². The fraction of sp³-hybridized carbons (Fsp3) is 0.684. The van der Waals surface area contributed by atoms with Gasteiger partial charge < -0.3 is 0 Å². The molecule has 1 nitrogen and oxygen atoms in total. The average molecular weight is 276 g/mol. The van der Waals surface area contributed by atoms with Crippen molar-refractivity contribution in [1.29, 1.82) is 0 Å². The van der Waals surface area contributed by atoms with Crippen molar-refractivity contribution in [3.8, 4) is 0 Å². The first-order valence-corrected chi connectivity index (χ1v) is 8.07. The molecule has 0 amide bonds. The quantitative estimate of drug-likeness (QED) is 0.277. The Labute approximate surface area is 125 Å². The first-order chi connectivity index (χ1) is 9.49. The zero-order valence-corrected chi connectivity index (χ0v) is 14.1. The van der Waals surface area contributed by atoms with Crippen molar-refractivity contribution in [2.75, 3.05) is 0 Å². The number of ketones is 1. The van der Waals surface area contributed by atoms with E-state index in [1.54, 1.807) is 0 Å². The van der Waals surface area contributed by atoms with Gasteiger partial charge in [-0.1, -0.05) is 46.3 Å². The zero-order valence-electron chi connectivity index (χ0n) is 14.1. The summed E-state index contributed by atoms with van der Waals surface area (Å²) in [5.74, 6) is 0.893. The fourth-order valence-electron chi connectivity index (χ4n) is 2.67. The van der Waals surface area contributed by atoms with Crippen molar-refractivity contribution in [3.05, 3.63) is 29.5 Å². The van der Waals surface area contributed by atoms with Gasteiger partial charge in [-0.05, 0) is 56.6 Å². The van der Waals surface area contributed by atoms with Gasteiger partial charge in [-0.25, -0.2) is 0 Å². The molecule has 0 aromatic carbocycles. The minimum Gasteiger partial charge on any atom is -0.294 e. The number of rotatable bonds is 10. The zero-order chi connectivity index (χ0) is 15.5. The van der Waals surface area contributed by atoms with Gasteiger partial charge in [-0.3, -0.25) is 4.79 Å². The molecule has 0 spiro atoms. The number of hydrogen-bond acceptors (Lipinski definition) is 1. The molecule has 0 radical (unpaired) electrons. The minimum absolute atomic E-state index is 0.159. The van der Waals surface area contributed by atoms with Crippen LogP contribution in [0.2, 0.25) is 0 Å². The minimum atomic E-state index is 0.159. The molecule has 0 fully saturated rings. The van der Waals surface area contributed by atoms with Gasteiger partial charge in [0.05, 0.1) is 0 Å². The Kier molecular flexibility index (Phi) is 10.1. The first-order valence-electron chi connectivity index (χ1n) is 8.07. The predicted molar refractivity (Wildman–Crippen MR) is 88.8 cm³/mol. The van der Waals surface area contributed by atoms with Gasteiger partial charge in [0, 0.05) is 5.92 Å². The summed E-state index contributed by atoms with van der Waals surface area (Å²) >= 11 is 0. The summed E-state index contributed by atoms with van der Waals surface area (Å²) in [4.78, 5) is 12.7. The largest absolute Gasteiger partial charge is 0.294 e. The molecule has 0 N–H and O–H groups in total. The molecule has 20 heavy (non-hydrogen) atoms. The molecule has 0 aliphatic heterocycles. The average Bonchev–Trinajstić information content (AvgIpc) is 2.43. The molecule has 0 aromatic rings. The smallest absolute Gasteiger partial charge is 0.161 e. The number of unbranched alkanes of at least 4 members (excludes halogenated alkanes) is 1. The number of carbonyl (C=O) groups excluding carboxylic acids is 1. The second-order valence-corrected chi connectivity index (χ2v) is 5.84. The number of Topliss-reactive ketones (excluding diaryl/α,β-unsaturated/α-hetero) is 1. The van der Waals surface area contributed by atoms with Crippen LogP contribution in [0, 0.1) is 11.8 Å². The molecular weight excluding hydrogens is 244 g/mol. The second kappa shape index (κ2) is 10.7. The SMILES string of the molecule is C=C=CCCCC(C)C(C(=O)C(C)CCC)=C(C)CC. The van der Waals surface area contributed by atoms with E-state index in [1.165, 1.54) is 5.57 Å². The molecular formula is C19H32O. The molecule has 0 aliphatic carbocycles. The van der Waals surface area contributed by atoms with Crippen LogP contribution in [0.15, 0.2) is 29.5 Å². The number of hydrogen-bond donors (Lipinski definition) is 0. The van der Waals surface area contributed by atoms with Crippen molar-refractivity contribution in [1.82, 2.24) is 0 Å². The highest BCUT2D eigenvalue weighted by Crippen LogP contribution is 2.27. The highest BCUT2D eigenvalue weighted by Gasteiger charge is 2.23. The van der Waals surface area contributed by atoms with Crippen molar-refractivity contribution in [2.45, 2.75) is 73.1 Å². The molecule has 0 aliphatic rings. The maximum absolute atomic E-state index is 12.7. The highest BCUT2D eigenvalue weighted by molar-refractivity contribution is 5.98. The van der Waals surface area contributed by atoms with Gasteiger partial charge in [0.2, 0.25) is 0 Å². The Morgan fingerprint density at radius 3 is 2.35 bits per heavy atom. The second-order valence-electron chi connectivity index (χ2n) is 5.84. The van der Waals surface area contributed by atoms with Crippen LogP contribution in [0.5, 0.6) is 0 Å². The molecule has 0 saturated carbocycles. The highest BCUT2D eigenvalue weighted by atomic mass is 16.1. The fourth-order valence-corrected chi connectivity index (χ4v) is 2.67. The lowest BCUT2D eigenvalue weighted by molar-refractivity contribution is -0.119. The van der Waals surface area contributed by atoms with E-state index < -0.39 is 0 Å². The Bertz CT molecular complexity index is 369. The summed E-state index contributed by atoms with van der Waals surface area (Å²) in [6.07, 6.45) is 8.18. The molecule has 1 heteroatoms. The van der Waals surface area contributed by atoms with Crippen LogP contribution in [-0.2, 0) is 4.79 Å². The maximum Gasteiger partial charge on any atom is 0.161 e. The van der Waals surface area contributed by atoms with Gasteiger partial charge in [0.25, 0.3) is 0 Å². The number of allylic oxidation sites excluding steroid dienone is 3. The third-order valence-corrected chi connectivity index (χ3v) is 4.05. The molecule has 0 aromatic heterocycles. The lowest BCUT2D eigenvalue weighted by atomic mass is 9.83. The van der Waals surface area contributed by atoms with Crippen molar-refractivity contribution < 1.29 is 4.79 Å².